The summed E-state index contributed by atoms with van der Waals surface area (Å²) < 4.78 is 0. The average molecular weight is 287 g/mol. The largest absolute Gasteiger partial charge is 0.327 e. The molecule has 0 spiro atoms. The maximum atomic E-state index is 12.1. The van der Waals surface area contributed by atoms with Crippen LogP contribution in [-0.2, 0) is 0 Å². The number of carbonyl (C=O) groups excluding carboxylic acids is 2. The summed E-state index contributed by atoms with van der Waals surface area (Å²) in [5.41, 5.74) is 0.702. The fourth-order valence-electron chi connectivity index (χ4n) is 1.82. The minimum absolute atomic E-state index is 0.0781. The molecule has 0 atom stereocenters. The van der Waals surface area contributed by atoms with Crippen molar-refractivity contribution in [1.82, 2.24) is 9.80 Å². The zero-order chi connectivity index (χ0) is 15.6. The Balaban J connectivity index is 2.24. The van der Waals surface area contributed by atoms with E-state index in [4.69, 9.17) is 0 Å². The zero-order valence-corrected chi connectivity index (χ0v) is 11.5. The van der Waals surface area contributed by atoms with E-state index < -0.39 is 4.92 Å². The molecule has 0 aliphatic carbocycles. The Morgan fingerprint density at radius 1 is 1.24 bits per heavy atom. The number of nitro benzene ring substituents is 1. The summed E-state index contributed by atoms with van der Waals surface area (Å²) in [4.78, 5) is 36.6. The molecule has 2 amide bonds. The molecule has 0 unspecified atom stereocenters. The third kappa shape index (κ3) is 2.97. The van der Waals surface area contributed by atoms with Gasteiger partial charge in [0.1, 0.15) is 0 Å². The van der Waals surface area contributed by atoms with Crippen LogP contribution < -0.4 is 0 Å². The second kappa shape index (κ2) is 5.58. The molecule has 1 aromatic rings. The lowest BCUT2D eigenvalue weighted by molar-refractivity contribution is -0.384. The molecule has 0 N–H and O–H groups in total. The Labute approximate surface area is 120 Å². The van der Waals surface area contributed by atoms with Crippen LogP contribution in [0.1, 0.15) is 10.4 Å². The zero-order valence-electron chi connectivity index (χ0n) is 11.5. The van der Waals surface area contributed by atoms with Crippen molar-refractivity contribution < 1.29 is 14.5 Å². The summed E-state index contributed by atoms with van der Waals surface area (Å²) >= 11 is 0. The van der Waals surface area contributed by atoms with Gasteiger partial charge in [0.25, 0.3) is 5.69 Å². The van der Waals surface area contributed by atoms with Gasteiger partial charge in [-0.25, -0.2) is 4.79 Å². The Kier molecular flexibility index (Phi) is 3.84. The first-order valence-corrected chi connectivity index (χ1v) is 6.09. The Bertz CT molecular complexity index is 661. The Morgan fingerprint density at radius 2 is 1.86 bits per heavy atom. The number of benzene rings is 1. The third-order valence-electron chi connectivity index (χ3n) is 3.09. The van der Waals surface area contributed by atoms with Gasteiger partial charge < -0.3 is 4.90 Å². The molecule has 1 aliphatic rings. The Hall–Kier alpha value is -2.96. The highest BCUT2D eigenvalue weighted by Crippen LogP contribution is 2.16. The Morgan fingerprint density at radius 3 is 2.43 bits per heavy atom. The van der Waals surface area contributed by atoms with E-state index in [1.165, 1.54) is 40.1 Å². The van der Waals surface area contributed by atoms with Gasteiger partial charge in [-0.2, -0.15) is 0 Å². The number of likely N-dealkylation sites (N-methyl/N-ethyl adjacent to an activating group) is 1. The van der Waals surface area contributed by atoms with Crippen molar-refractivity contribution >= 4 is 17.5 Å². The molecule has 0 saturated heterocycles. The second-order valence-electron chi connectivity index (χ2n) is 4.51. The maximum Gasteiger partial charge on any atom is 0.327 e. The first-order chi connectivity index (χ1) is 9.90. The third-order valence-corrected chi connectivity index (χ3v) is 3.09. The lowest BCUT2D eigenvalue weighted by Gasteiger charge is -2.27. The number of rotatable bonds is 3. The topological polar surface area (TPSA) is 83.8 Å². The molecule has 7 heteroatoms. The number of nitrogens with zero attached hydrogens (tertiary/aromatic N) is 3. The molecule has 7 nitrogen and oxygen atoms in total. The smallest absolute Gasteiger partial charge is 0.304 e. The minimum Gasteiger partial charge on any atom is -0.304 e. The molecule has 0 aromatic heterocycles. The van der Waals surface area contributed by atoms with E-state index in [0.29, 0.717) is 11.3 Å². The summed E-state index contributed by atoms with van der Waals surface area (Å²) in [5, 5.41) is 10.6. The number of carbonyl (C=O) groups is 2. The van der Waals surface area contributed by atoms with E-state index >= 15 is 0 Å². The van der Waals surface area contributed by atoms with E-state index in [-0.39, 0.29) is 17.5 Å². The number of ketones is 1. The number of allylic oxidation sites excluding steroid dienone is 2. The van der Waals surface area contributed by atoms with Crippen molar-refractivity contribution in [3.8, 4) is 0 Å². The lowest BCUT2D eigenvalue weighted by atomic mass is 10.1. The van der Waals surface area contributed by atoms with Crippen molar-refractivity contribution in [2.24, 2.45) is 0 Å². The SMILES string of the molecule is CN1C=CC(=CC(=O)c2ccc([N+](=O)[O-])cc2)N(C)C1=O. The second-order valence-corrected chi connectivity index (χ2v) is 4.51. The van der Waals surface area contributed by atoms with Gasteiger partial charge in [0.05, 0.1) is 10.6 Å². The van der Waals surface area contributed by atoms with Gasteiger partial charge in [0.2, 0.25) is 0 Å². The molecule has 2 rings (SSSR count). The van der Waals surface area contributed by atoms with E-state index in [9.17, 15) is 19.7 Å². The van der Waals surface area contributed by atoms with Crippen LogP contribution in [0.2, 0.25) is 0 Å². The van der Waals surface area contributed by atoms with Crippen molar-refractivity contribution in [2.75, 3.05) is 14.1 Å². The first-order valence-electron chi connectivity index (χ1n) is 6.09. The highest BCUT2D eigenvalue weighted by molar-refractivity contribution is 6.05. The molecular weight excluding hydrogens is 274 g/mol. The van der Waals surface area contributed by atoms with Crippen LogP contribution in [0, 0.1) is 10.1 Å². The van der Waals surface area contributed by atoms with Crippen LogP contribution >= 0.6 is 0 Å². The lowest BCUT2D eigenvalue weighted by Crippen LogP contribution is -2.38. The molecule has 0 fully saturated rings. The molecule has 1 heterocycles. The van der Waals surface area contributed by atoms with Gasteiger partial charge in [0, 0.05) is 44.1 Å². The standard InChI is InChI=1S/C14H13N3O4/c1-15-8-7-12(16(2)14(15)19)9-13(18)10-3-5-11(6-4-10)17(20)21/h3-9H,1-2H3. The van der Waals surface area contributed by atoms with Gasteiger partial charge in [-0.3, -0.25) is 19.8 Å². The van der Waals surface area contributed by atoms with Gasteiger partial charge in [0.15, 0.2) is 5.78 Å². The molecule has 108 valence electrons. The number of hydrogen-bond acceptors (Lipinski definition) is 4. The number of non-ortho nitro benzene ring substituents is 1. The highest BCUT2D eigenvalue weighted by atomic mass is 16.6. The van der Waals surface area contributed by atoms with Crippen molar-refractivity contribution in [3.05, 3.63) is 64.0 Å². The number of hydrogen-bond donors (Lipinski definition) is 0. The van der Waals surface area contributed by atoms with Crippen LogP contribution in [0.4, 0.5) is 10.5 Å². The maximum absolute atomic E-state index is 12.1. The predicted octanol–water partition coefficient (Wildman–Crippen LogP) is 2.17. The van der Waals surface area contributed by atoms with E-state index in [2.05, 4.69) is 0 Å². The van der Waals surface area contributed by atoms with Crippen molar-refractivity contribution in [2.45, 2.75) is 0 Å². The average Bonchev–Trinajstić information content (AvgIpc) is 2.48. The molecular formula is C14H13N3O4. The molecule has 0 bridgehead atoms. The first kappa shape index (κ1) is 14.4. The predicted molar refractivity (Wildman–Crippen MR) is 75.6 cm³/mol. The number of nitro groups is 1. The normalized spacial score (nSPS) is 16.5. The summed E-state index contributed by atoms with van der Waals surface area (Å²) in [6.07, 6.45) is 4.53. The quantitative estimate of drug-likeness (QED) is 0.369. The van der Waals surface area contributed by atoms with E-state index in [1.54, 1.807) is 26.4 Å². The van der Waals surface area contributed by atoms with Crippen LogP contribution in [-0.4, -0.2) is 40.6 Å². The van der Waals surface area contributed by atoms with Gasteiger partial charge in [-0.05, 0) is 18.2 Å². The molecule has 21 heavy (non-hydrogen) atoms. The van der Waals surface area contributed by atoms with Gasteiger partial charge >= 0.3 is 6.03 Å². The fourth-order valence-corrected chi connectivity index (χ4v) is 1.82. The molecule has 1 aliphatic heterocycles. The van der Waals surface area contributed by atoms with Crippen LogP contribution in [0.3, 0.4) is 0 Å². The monoisotopic (exact) mass is 287 g/mol. The summed E-state index contributed by atoms with van der Waals surface area (Å²) in [6, 6.07) is 5.06. The summed E-state index contributed by atoms with van der Waals surface area (Å²) in [7, 11) is 3.18. The number of urea groups is 1. The van der Waals surface area contributed by atoms with Crippen LogP contribution in [0.15, 0.2) is 48.3 Å². The van der Waals surface area contributed by atoms with Gasteiger partial charge in [-0.15, -0.1) is 0 Å². The minimum atomic E-state index is -0.529. The molecule has 0 saturated carbocycles. The molecule has 1 aromatic carbocycles. The van der Waals surface area contributed by atoms with Crippen molar-refractivity contribution in [1.29, 1.82) is 0 Å². The number of amides is 2. The van der Waals surface area contributed by atoms with E-state index in [1.807, 2.05) is 0 Å². The summed E-state index contributed by atoms with van der Waals surface area (Å²) in [5.74, 6) is -0.325. The fraction of sp³-hybridized carbons (Fsp3) is 0.143. The van der Waals surface area contributed by atoms with Crippen LogP contribution in [0.25, 0.3) is 0 Å². The van der Waals surface area contributed by atoms with Crippen LogP contribution in [0.5, 0.6) is 0 Å². The highest BCUT2D eigenvalue weighted by Gasteiger charge is 2.20. The summed E-state index contributed by atoms with van der Waals surface area (Å²) in [6.45, 7) is 0. The van der Waals surface area contributed by atoms with Gasteiger partial charge in [-0.1, -0.05) is 0 Å². The van der Waals surface area contributed by atoms with Crippen molar-refractivity contribution in [3.63, 3.8) is 0 Å². The van der Waals surface area contributed by atoms with E-state index in [0.717, 1.165) is 0 Å². The molecule has 0 radical (unpaired) electrons.